The quantitative estimate of drug-likeness (QED) is 0.720. The van der Waals surface area contributed by atoms with E-state index >= 15 is 0 Å². The van der Waals surface area contributed by atoms with Crippen LogP contribution in [0.25, 0.3) is 0 Å². The molecule has 3 rings (SSSR count). The SMILES string of the molecule is COC(=O)C1(CN[C@H](C)c2ccc(Oc3ccccc3)c(F)c2)CCOCC1. The molecule has 1 atom stereocenters. The van der Waals surface area contributed by atoms with Crippen molar-refractivity contribution >= 4 is 5.97 Å². The van der Waals surface area contributed by atoms with Gasteiger partial charge in [0, 0.05) is 25.8 Å². The summed E-state index contributed by atoms with van der Waals surface area (Å²) in [6.07, 6.45) is 1.22. The lowest BCUT2D eigenvalue weighted by Crippen LogP contribution is -2.46. The summed E-state index contributed by atoms with van der Waals surface area (Å²) in [6, 6.07) is 13.9. The van der Waals surface area contributed by atoms with Crippen molar-refractivity contribution in [1.82, 2.24) is 5.32 Å². The summed E-state index contributed by atoms with van der Waals surface area (Å²) in [4.78, 5) is 12.3. The molecule has 0 spiro atoms. The molecule has 0 aliphatic carbocycles. The maximum absolute atomic E-state index is 14.5. The molecule has 0 aromatic heterocycles. The third-order valence-electron chi connectivity index (χ3n) is 5.24. The van der Waals surface area contributed by atoms with Crippen molar-refractivity contribution in [2.75, 3.05) is 26.9 Å². The second kappa shape index (κ2) is 9.17. The van der Waals surface area contributed by atoms with Crippen LogP contribution >= 0.6 is 0 Å². The zero-order chi connectivity index (χ0) is 20.0. The first kappa shape index (κ1) is 20.3. The van der Waals surface area contributed by atoms with Crippen molar-refractivity contribution in [1.29, 1.82) is 0 Å². The Morgan fingerprint density at radius 1 is 1.21 bits per heavy atom. The molecule has 150 valence electrons. The summed E-state index contributed by atoms with van der Waals surface area (Å²) < 4.78 is 30.5. The fourth-order valence-electron chi connectivity index (χ4n) is 3.38. The van der Waals surface area contributed by atoms with Gasteiger partial charge in [-0.15, -0.1) is 0 Å². The Hall–Kier alpha value is -2.44. The molecule has 0 saturated carbocycles. The fraction of sp³-hybridized carbons (Fsp3) is 0.409. The van der Waals surface area contributed by atoms with Gasteiger partial charge in [-0.05, 0) is 49.6 Å². The Kier molecular flexibility index (Phi) is 6.65. The van der Waals surface area contributed by atoms with E-state index in [1.807, 2.05) is 31.2 Å². The highest BCUT2D eigenvalue weighted by Gasteiger charge is 2.41. The third-order valence-corrected chi connectivity index (χ3v) is 5.24. The van der Waals surface area contributed by atoms with E-state index in [-0.39, 0.29) is 17.8 Å². The minimum absolute atomic E-state index is 0.135. The Bertz CT molecular complexity index is 790. The molecule has 1 aliphatic rings. The Balaban J connectivity index is 1.66. The number of carbonyl (C=O) groups is 1. The van der Waals surface area contributed by atoms with E-state index in [2.05, 4.69) is 5.32 Å². The van der Waals surface area contributed by atoms with Crippen LogP contribution in [-0.2, 0) is 14.3 Å². The Morgan fingerprint density at radius 3 is 2.57 bits per heavy atom. The van der Waals surface area contributed by atoms with Crippen LogP contribution in [0, 0.1) is 11.2 Å². The van der Waals surface area contributed by atoms with E-state index in [0.29, 0.717) is 38.3 Å². The van der Waals surface area contributed by atoms with E-state index in [4.69, 9.17) is 14.2 Å². The lowest BCUT2D eigenvalue weighted by molar-refractivity contribution is -0.158. The number of halogens is 1. The standard InChI is InChI=1S/C22H26FNO4/c1-16(24-15-22(21(25)26-2)10-12-27-13-11-22)17-8-9-20(19(23)14-17)28-18-6-4-3-5-7-18/h3-9,14,16,24H,10-13,15H2,1-2H3/t16-/m1/s1. The number of methoxy groups -OCH3 is 1. The molecule has 1 saturated heterocycles. The first-order valence-corrected chi connectivity index (χ1v) is 9.46. The first-order valence-electron chi connectivity index (χ1n) is 9.46. The maximum Gasteiger partial charge on any atom is 0.313 e. The zero-order valence-electron chi connectivity index (χ0n) is 16.2. The molecular formula is C22H26FNO4. The van der Waals surface area contributed by atoms with Crippen molar-refractivity contribution in [3.63, 3.8) is 0 Å². The van der Waals surface area contributed by atoms with Gasteiger partial charge in [0.25, 0.3) is 0 Å². The predicted molar refractivity (Wildman–Crippen MR) is 104 cm³/mol. The molecule has 0 amide bonds. The van der Waals surface area contributed by atoms with Crippen LogP contribution in [0.1, 0.15) is 31.4 Å². The molecular weight excluding hydrogens is 361 g/mol. The van der Waals surface area contributed by atoms with Crippen LogP contribution in [0.5, 0.6) is 11.5 Å². The largest absolute Gasteiger partial charge is 0.469 e. The van der Waals surface area contributed by atoms with Crippen molar-refractivity contribution < 1.29 is 23.4 Å². The molecule has 1 aliphatic heterocycles. The highest BCUT2D eigenvalue weighted by Crippen LogP contribution is 2.32. The summed E-state index contributed by atoms with van der Waals surface area (Å²) in [5.74, 6) is 0.106. The number of benzene rings is 2. The second-order valence-corrected chi connectivity index (χ2v) is 7.09. The van der Waals surface area contributed by atoms with Crippen LogP contribution in [0.15, 0.2) is 48.5 Å². The van der Waals surface area contributed by atoms with Crippen LogP contribution in [-0.4, -0.2) is 32.8 Å². The van der Waals surface area contributed by atoms with Gasteiger partial charge in [0.1, 0.15) is 5.75 Å². The molecule has 0 radical (unpaired) electrons. The van der Waals surface area contributed by atoms with E-state index in [1.54, 1.807) is 18.2 Å². The zero-order valence-corrected chi connectivity index (χ0v) is 16.2. The van der Waals surface area contributed by atoms with Crippen LogP contribution in [0.4, 0.5) is 4.39 Å². The van der Waals surface area contributed by atoms with Crippen molar-refractivity contribution in [2.45, 2.75) is 25.8 Å². The number of carbonyl (C=O) groups excluding carboxylic acids is 1. The average molecular weight is 387 g/mol. The summed E-state index contributed by atoms with van der Waals surface area (Å²) in [7, 11) is 1.41. The summed E-state index contributed by atoms with van der Waals surface area (Å²) in [5.41, 5.74) is 0.181. The average Bonchev–Trinajstić information content (AvgIpc) is 2.74. The number of rotatable bonds is 7. The molecule has 28 heavy (non-hydrogen) atoms. The number of ether oxygens (including phenoxy) is 3. The molecule has 2 aromatic rings. The van der Waals surface area contributed by atoms with E-state index < -0.39 is 11.2 Å². The number of hydrogen-bond donors (Lipinski definition) is 1. The van der Waals surface area contributed by atoms with E-state index in [1.165, 1.54) is 13.2 Å². The van der Waals surface area contributed by atoms with Crippen LogP contribution in [0.2, 0.25) is 0 Å². The van der Waals surface area contributed by atoms with Gasteiger partial charge in [0.2, 0.25) is 0 Å². The maximum atomic E-state index is 14.5. The molecule has 2 aromatic carbocycles. The molecule has 1 heterocycles. The summed E-state index contributed by atoms with van der Waals surface area (Å²) in [6.45, 7) is 3.46. The second-order valence-electron chi connectivity index (χ2n) is 7.09. The molecule has 6 heteroatoms. The highest BCUT2D eigenvalue weighted by atomic mass is 19.1. The highest BCUT2D eigenvalue weighted by molar-refractivity contribution is 5.77. The lowest BCUT2D eigenvalue weighted by Gasteiger charge is -2.35. The number of nitrogens with one attached hydrogen (secondary N) is 1. The summed E-state index contributed by atoms with van der Waals surface area (Å²) >= 11 is 0. The van der Waals surface area contributed by atoms with Crippen LogP contribution < -0.4 is 10.1 Å². The lowest BCUT2D eigenvalue weighted by atomic mass is 9.80. The fourth-order valence-corrected chi connectivity index (χ4v) is 3.38. The predicted octanol–water partition coefficient (Wildman–Crippen LogP) is 4.24. The number of esters is 1. The van der Waals surface area contributed by atoms with Gasteiger partial charge in [-0.2, -0.15) is 0 Å². The Morgan fingerprint density at radius 2 is 1.93 bits per heavy atom. The number of hydrogen-bond acceptors (Lipinski definition) is 5. The third kappa shape index (κ3) is 4.69. The van der Waals surface area contributed by atoms with Crippen molar-refractivity contribution in [3.05, 3.63) is 59.9 Å². The van der Waals surface area contributed by atoms with Gasteiger partial charge in [0.15, 0.2) is 11.6 Å². The van der Waals surface area contributed by atoms with Gasteiger partial charge >= 0.3 is 5.97 Å². The molecule has 0 unspecified atom stereocenters. The van der Waals surface area contributed by atoms with Crippen molar-refractivity contribution in [3.8, 4) is 11.5 Å². The van der Waals surface area contributed by atoms with Crippen molar-refractivity contribution in [2.24, 2.45) is 5.41 Å². The van der Waals surface area contributed by atoms with E-state index in [0.717, 1.165) is 5.56 Å². The molecule has 1 fully saturated rings. The smallest absolute Gasteiger partial charge is 0.313 e. The van der Waals surface area contributed by atoms with Crippen LogP contribution in [0.3, 0.4) is 0 Å². The van der Waals surface area contributed by atoms with E-state index in [9.17, 15) is 9.18 Å². The normalized spacial score (nSPS) is 17.0. The van der Waals surface area contributed by atoms with Gasteiger partial charge in [-0.3, -0.25) is 4.79 Å². The van der Waals surface area contributed by atoms with Gasteiger partial charge in [-0.1, -0.05) is 24.3 Å². The van der Waals surface area contributed by atoms with Gasteiger partial charge < -0.3 is 19.5 Å². The number of para-hydroxylation sites is 1. The molecule has 5 nitrogen and oxygen atoms in total. The topological polar surface area (TPSA) is 56.8 Å². The minimum Gasteiger partial charge on any atom is -0.469 e. The van der Waals surface area contributed by atoms with Gasteiger partial charge in [-0.25, -0.2) is 4.39 Å². The summed E-state index contributed by atoms with van der Waals surface area (Å²) in [5, 5.41) is 3.36. The molecule has 1 N–H and O–H groups in total. The minimum atomic E-state index is -0.601. The first-order chi connectivity index (χ1) is 13.5. The Labute approximate surface area is 164 Å². The monoisotopic (exact) mass is 387 g/mol. The molecule has 0 bridgehead atoms. The van der Waals surface area contributed by atoms with Gasteiger partial charge in [0.05, 0.1) is 12.5 Å².